The number of allylic oxidation sites excluding steroid dienone is 2. The predicted octanol–water partition coefficient (Wildman–Crippen LogP) is 2.24. The highest BCUT2D eigenvalue weighted by atomic mass is 16.3. The van der Waals surface area contributed by atoms with Crippen LogP contribution in [0.5, 0.6) is 0 Å². The third-order valence-electron chi connectivity index (χ3n) is 3.14. The van der Waals surface area contributed by atoms with E-state index in [2.05, 4.69) is 23.1 Å². The topological polar surface area (TPSA) is 35.8 Å². The largest absolute Gasteiger partial charge is 0.395 e. The zero-order valence-corrected chi connectivity index (χ0v) is 10.9. The van der Waals surface area contributed by atoms with Gasteiger partial charge in [-0.2, -0.15) is 0 Å². The molecule has 1 fully saturated rings. The fourth-order valence-electron chi connectivity index (χ4n) is 2.18. The van der Waals surface area contributed by atoms with Gasteiger partial charge in [-0.1, -0.05) is 13.2 Å². The minimum atomic E-state index is 0.267. The molecule has 0 atom stereocenters. The van der Waals surface area contributed by atoms with E-state index < -0.39 is 0 Å². The monoisotopic (exact) mass is 236 g/mol. The summed E-state index contributed by atoms with van der Waals surface area (Å²) in [4.78, 5) is 6.49. The van der Waals surface area contributed by atoms with E-state index in [-0.39, 0.29) is 6.61 Å². The molecule has 0 bridgehead atoms. The molecule has 1 aliphatic rings. The lowest BCUT2D eigenvalue weighted by atomic mass is 9.91. The second kappa shape index (κ2) is 7.41. The molecule has 1 N–H and O–H groups in total. The molecule has 1 rings (SSSR count). The van der Waals surface area contributed by atoms with Gasteiger partial charge in [0.05, 0.1) is 6.61 Å². The number of aliphatic hydroxyl groups excluding tert-OH is 1. The number of rotatable bonds is 6. The smallest absolute Gasteiger partial charge is 0.0558 e. The van der Waals surface area contributed by atoms with Crippen LogP contribution in [-0.2, 0) is 0 Å². The Kier molecular flexibility index (Phi) is 6.16. The number of aliphatic hydroxyl groups is 1. The highest BCUT2D eigenvalue weighted by molar-refractivity contribution is 5.78. The number of piperidine rings is 1. The van der Waals surface area contributed by atoms with Crippen LogP contribution in [0.25, 0.3) is 0 Å². The minimum Gasteiger partial charge on any atom is -0.395 e. The molecule has 96 valence electrons. The van der Waals surface area contributed by atoms with Gasteiger partial charge in [0.15, 0.2) is 0 Å². The van der Waals surface area contributed by atoms with Crippen molar-refractivity contribution >= 4 is 6.21 Å². The van der Waals surface area contributed by atoms with E-state index >= 15 is 0 Å². The minimum absolute atomic E-state index is 0.267. The second-order valence-corrected chi connectivity index (χ2v) is 4.86. The first-order valence-corrected chi connectivity index (χ1v) is 6.32. The van der Waals surface area contributed by atoms with Crippen LogP contribution in [0.1, 0.15) is 26.2 Å². The van der Waals surface area contributed by atoms with Crippen LogP contribution < -0.4 is 0 Å². The standard InChI is InChI=1S/C14H24N2O/c1-12(2)15-11-13(3)10-14-4-6-16(7-5-14)8-9-17/h11,14,17H,1,3-10H2,2H3. The summed E-state index contributed by atoms with van der Waals surface area (Å²) in [5.74, 6) is 0.717. The Hall–Kier alpha value is -0.930. The van der Waals surface area contributed by atoms with Gasteiger partial charge in [0.25, 0.3) is 0 Å². The first-order chi connectivity index (χ1) is 8.11. The summed E-state index contributed by atoms with van der Waals surface area (Å²) >= 11 is 0. The van der Waals surface area contributed by atoms with Crippen LogP contribution in [0.2, 0.25) is 0 Å². The van der Waals surface area contributed by atoms with Crippen molar-refractivity contribution in [2.45, 2.75) is 26.2 Å². The zero-order chi connectivity index (χ0) is 12.7. The highest BCUT2D eigenvalue weighted by Gasteiger charge is 2.18. The van der Waals surface area contributed by atoms with E-state index in [1.54, 1.807) is 0 Å². The van der Waals surface area contributed by atoms with Crippen molar-refractivity contribution in [1.29, 1.82) is 0 Å². The molecule has 3 heteroatoms. The fourth-order valence-corrected chi connectivity index (χ4v) is 2.18. The summed E-state index contributed by atoms with van der Waals surface area (Å²) < 4.78 is 0. The van der Waals surface area contributed by atoms with E-state index in [4.69, 9.17) is 5.11 Å². The highest BCUT2D eigenvalue weighted by Crippen LogP contribution is 2.22. The van der Waals surface area contributed by atoms with Gasteiger partial charge in [-0.05, 0) is 50.8 Å². The Bertz CT molecular complexity index is 289. The van der Waals surface area contributed by atoms with Crippen molar-refractivity contribution in [1.82, 2.24) is 4.90 Å². The van der Waals surface area contributed by atoms with Crippen LogP contribution in [0.3, 0.4) is 0 Å². The zero-order valence-electron chi connectivity index (χ0n) is 10.9. The number of hydrogen-bond donors (Lipinski definition) is 1. The molecule has 1 saturated heterocycles. The normalized spacial score (nSPS) is 18.7. The van der Waals surface area contributed by atoms with Crippen LogP contribution in [0.15, 0.2) is 29.4 Å². The number of aliphatic imine (C=N–C) groups is 1. The van der Waals surface area contributed by atoms with Gasteiger partial charge in [0.1, 0.15) is 0 Å². The van der Waals surface area contributed by atoms with Gasteiger partial charge >= 0.3 is 0 Å². The molecule has 0 aliphatic carbocycles. The van der Waals surface area contributed by atoms with E-state index in [1.807, 2.05) is 13.1 Å². The number of nitrogens with zero attached hydrogens (tertiary/aromatic N) is 2. The molecule has 0 amide bonds. The van der Waals surface area contributed by atoms with Crippen LogP contribution >= 0.6 is 0 Å². The maximum atomic E-state index is 8.87. The van der Waals surface area contributed by atoms with Gasteiger partial charge in [-0.3, -0.25) is 4.99 Å². The van der Waals surface area contributed by atoms with E-state index in [0.29, 0.717) is 5.92 Å². The Balaban J connectivity index is 2.26. The predicted molar refractivity (Wildman–Crippen MR) is 73.3 cm³/mol. The average molecular weight is 236 g/mol. The van der Waals surface area contributed by atoms with E-state index in [9.17, 15) is 0 Å². The Morgan fingerprint density at radius 1 is 1.41 bits per heavy atom. The van der Waals surface area contributed by atoms with Crippen LogP contribution in [0.4, 0.5) is 0 Å². The molecule has 0 radical (unpaired) electrons. The lowest BCUT2D eigenvalue weighted by Crippen LogP contribution is -2.35. The summed E-state index contributed by atoms with van der Waals surface area (Å²) in [5, 5.41) is 8.87. The summed E-state index contributed by atoms with van der Waals surface area (Å²) in [6.45, 7) is 12.9. The molecular formula is C14H24N2O. The molecule has 1 heterocycles. The average Bonchev–Trinajstić information content (AvgIpc) is 2.29. The maximum Gasteiger partial charge on any atom is 0.0558 e. The molecule has 0 aromatic rings. The summed E-state index contributed by atoms with van der Waals surface area (Å²) in [5.41, 5.74) is 1.91. The summed E-state index contributed by atoms with van der Waals surface area (Å²) in [6.07, 6.45) is 5.26. The first-order valence-electron chi connectivity index (χ1n) is 6.32. The van der Waals surface area contributed by atoms with Crippen molar-refractivity contribution < 1.29 is 5.11 Å². The van der Waals surface area contributed by atoms with E-state index in [0.717, 1.165) is 37.3 Å². The third kappa shape index (κ3) is 5.80. The quantitative estimate of drug-likeness (QED) is 0.718. The molecule has 0 saturated carbocycles. The van der Waals surface area contributed by atoms with Crippen molar-refractivity contribution in [2.75, 3.05) is 26.2 Å². The molecule has 1 aliphatic heterocycles. The van der Waals surface area contributed by atoms with Crippen molar-refractivity contribution in [3.63, 3.8) is 0 Å². The van der Waals surface area contributed by atoms with Crippen molar-refractivity contribution in [3.8, 4) is 0 Å². The number of likely N-dealkylation sites (tertiary alicyclic amines) is 1. The Morgan fingerprint density at radius 3 is 2.59 bits per heavy atom. The number of β-amino-alcohol motifs (C(OH)–C–C–N with tert-alkyl or cyclic N) is 1. The molecule has 0 aromatic heterocycles. The third-order valence-corrected chi connectivity index (χ3v) is 3.14. The van der Waals surface area contributed by atoms with Crippen LogP contribution in [-0.4, -0.2) is 42.5 Å². The van der Waals surface area contributed by atoms with E-state index in [1.165, 1.54) is 12.8 Å². The Morgan fingerprint density at radius 2 is 2.06 bits per heavy atom. The first kappa shape index (κ1) is 14.1. The molecule has 0 spiro atoms. The van der Waals surface area contributed by atoms with Crippen molar-refractivity contribution in [2.24, 2.45) is 10.9 Å². The molecular weight excluding hydrogens is 212 g/mol. The number of hydrogen-bond acceptors (Lipinski definition) is 3. The van der Waals surface area contributed by atoms with Gasteiger partial charge in [0.2, 0.25) is 0 Å². The maximum absolute atomic E-state index is 8.87. The lowest BCUT2D eigenvalue weighted by molar-refractivity contribution is 0.148. The molecule has 0 aromatic carbocycles. The lowest BCUT2D eigenvalue weighted by Gasteiger charge is -2.31. The molecule has 3 nitrogen and oxygen atoms in total. The van der Waals surface area contributed by atoms with Gasteiger partial charge < -0.3 is 10.0 Å². The van der Waals surface area contributed by atoms with Crippen molar-refractivity contribution in [3.05, 3.63) is 24.4 Å². The summed E-state index contributed by atoms with van der Waals surface area (Å²) in [7, 11) is 0. The van der Waals surface area contributed by atoms with Crippen LogP contribution in [0, 0.1) is 5.92 Å². The summed E-state index contributed by atoms with van der Waals surface area (Å²) in [6, 6.07) is 0. The van der Waals surface area contributed by atoms with Gasteiger partial charge in [0, 0.05) is 18.5 Å². The van der Waals surface area contributed by atoms with Gasteiger partial charge in [-0.25, -0.2) is 0 Å². The second-order valence-electron chi connectivity index (χ2n) is 4.86. The fraction of sp³-hybridized carbons (Fsp3) is 0.643. The molecule has 0 unspecified atom stereocenters. The SMILES string of the molecule is C=C(C=NC(=C)C)CC1CCN(CCO)CC1. The van der Waals surface area contributed by atoms with Gasteiger partial charge in [-0.15, -0.1) is 0 Å². The molecule has 17 heavy (non-hydrogen) atoms. The Labute approximate surface area is 105 Å².